The largest absolute Gasteiger partial charge is 0.481 e. The van der Waals surface area contributed by atoms with E-state index in [-0.39, 0.29) is 17.5 Å². The minimum absolute atomic E-state index is 0.270. The van der Waals surface area contributed by atoms with E-state index in [1.165, 1.54) is 42.1 Å². The number of hydrogen-bond donors (Lipinski definition) is 1. The number of carbonyl (C=O) groups excluding carboxylic acids is 1. The van der Waals surface area contributed by atoms with Gasteiger partial charge in [0.05, 0.1) is 0 Å². The van der Waals surface area contributed by atoms with E-state index in [1.54, 1.807) is 19.1 Å². The summed E-state index contributed by atoms with van der Waals surface area (Å²) in [5.74, 6) is 0.506. The van der Waals surface area contributed by atoms with Crippen molar-refractivity contribution in [1.82, 2.24) is 5.32 Å². The normalized spacial score (nSPS) is 11.8. The molecule has 0 heterocycles. The lowest BCUT2D eigenvalue weighted by Crippen LogP contribution is -2.37. The molecule has 0 aromatic heterocycles. The van der Waals surface area contributed by atoms with Crippen LogP contribution >= 0.6 is 23.4 Å². The Morgan fingerprint density at radius 3 is 2.64 bits per heavy atom. The average molecular weight is 386 g/mol. The van der Waals surface area contributed by atoms with Gasteiger partial charge in [0.1, 0.15) is 17.4 Å². The van der Waals surface area contributed by atoms with Crippen LogP contribution in [-0.4, -0.2) is 24.3 Å². The summed E-state index contributed by atoms with van der Waals surface area (Å²) in [4.78, 5) is 12.0. The maximum absolute atomic E-state index is 13.6. The Morgan fingerprint density at radius 2 is 1.96 bits per heavy atom. The summed E-state index contributed by atoms with van der Waals surface area (Å²) in [6.45, 7) is 2.04. The fraction of sp³-hybridized carbons (Fsp3) is 0.278. The fourth-order valence-electron chi connectivity index (χ4n) is 2.01. The van der Waals surface area contributed by atoms with Crippen molar-refractivity contribution in [2.75, 3.05) is 12.3 Å². The third-order valence-electron chi connectivity index (χ3n) is 3.35. The predicted octanol–water partition coefficient (Wildman–Crippen LogP) is 4.44. The zero-order valence-corrected chi connectivity index (χ0v) is 15.2. The molecule has 2 aromatic rings. The maximum Gasteiger partial charge on any atom is 0.260 e. The van der Waals surface area contributed by atoms with Gasteiger partial charge in [-0.15, -0.1) is 0 Å². The Kier molecular flexibility index (Phi) is 7.52. The standard InChI is InChI=1S/C18H18ClF2NO2S/c1-12(24-14-7-5-13(20)6-8-14)18(23)22-9-10-25-11-15-16(19)3-2-4-17(15)21/h2-8,12H,9-11H2,1H3,(H,22,23). The molecule has 3 nitrogen and oxygen atoms in total. The van der Waals surface area contributed by atoms with Gasteiger partial charge in [-0.25, -0.2) is 8.78 Å². The summed E-state index contributed by atoms with van der Waals surface area (Å²) in [5, 5.41) is 3.14. The quantitative estimate of drug-likeness (QED) is 0.683. The molecule has 7 heteroatoms. The van der Waals surface area contributed by atoms with E-state index in [4.69, 9.17) is 16.3 Å². The van der Waals surface area contributed by atoms with Crippen LogP contribution in [0.1, 0.15) is 12.5 Å². The highest BCUT2D eigenvalue weighted by molar-refractivity contribution is 7.98. The summed E-state index contributed by atoms with van der Waals surface area (Å²) in [6, 6.07) is 10.1. The molecule has 1 atom stereocenters. The molecule has 0 saturated heterocycles. The van der Waals surface area contributed by atoms with Crippen LogP contribution in [0.4, 0.5) is 8.78 Å². The topological polar surface area (TPSA) is 38.3 Å². The summed E-state index contributed by atoms with van der Waals surface area (Å²) < 4.78 is 31.9. The van der Waals surface area contributed by atoms with Crippen LogP contribution in [0.5, 0.6) is 5.75 Å². The van der Waals surface area contributed by atoms with Gasteiger partial charge in [-0.1, -0.05) is 17.7 Å². The summed E-state index contributed by atoms with van der Waals surface area (Å²) in [6.07, 6.45) is -0.698. The highest BCUT2D eigenvalue weighted by Gasteiger charge is 2.14. The number of rotatable bonds is 8. The van der Waals surface area contributed by atoms with Crippen molar-refractivity contribution >= 4 is 29.3 Å². The molecule has 0 radical (unpaired) electrons. The molecule has 134 valence electrons. The number of carbonyl (C=O) groups is 1. The molecule has 2 rings (SSSR count). The number of thioether (sulfide) groups is 1. The van der Waals surface area contributed by atoms with Gasteiger partial charge in [-0.2, -0.15) is 11.8 Å². The van der Waals surface area contributed by atoms with Crippen molar-refractivity contribution in [2.24, 2.45) is 0 Å². The van der Waals surface area contributed by atoms with E-state index >= 15 is 0 Å². The number of ether oxygens (including phenoxy) is 1. The van der Waals surface area contributed by atoms with E-state index < -0.39 is 6.10 Å². The summed E-state index contributed by atoms with van der Waals surface area (Å²) in [7, 11) is 0. The lowest BCUT2D eigenvalue weighted by molar-refractivity contribution is -0.127. The first-order valence-electron chi connectivity index (χ1n) is 7.68. The molecule has 1 amide bonds. The molecule has 0 saturated carbocycles. The third-order valence-corrected chi connectivity index (χ3v) is 4.69. The molecule has 0 fully saturated rings. The Balaban J connectivity index is 1.68. The molecule has 1 unspecified atom stereocenters. The summed E-state index contributed by atoms with van der Waals surface area (Å²) >= 11 is 7.43. The number of nitrogens with one attached hydrogen (secondary N) is 1. The van der Waals surface area contributed by atoms with E-state index in [2.05, 4.69) is 5.32 Å². The molecule has 0 aliphatic rings. The second-order valence-corrected chi connectivity index (χ2v) is 6.77. The minimum atomic E-state index is -0.698. The van der Waals surface area contributed by atoms with Crippen molar-refractivity contribution in [3.8, 4) is 5.75 Å². The van der Waals surface area contributed by atoms with E-state index in [9.17, 15) is 13.6 Å². The van der Waals surface area contributed by atoms with E-state index in [0.29, 0.717) is 34.4 Å². The highest BCUT2D eigenvalue weighted by Crippen LogP contribution is 2.23. The lowest BCUT2D eigenvalue weighted by Gasteiger charge is -2.14. The molecule has 25 heavy (non-hydrogen) atoms. The van der Waals surface area contributed by atoms with Gasteiger partial charge in [0.2, 0.25) is 0 Å². The molecule has 0 aliphatic heterocycles. The molecule has 0 aliphatic carbocycles. The first kappa shape index (κ1) is 19.5. The Bertz CT molecular complexity index is 692. The SMILES string of the molecule is CC(Oc1ccc(F)cc1)C(=O)NCCSCc1c(F)cccc1Cl. The van der Waals surface area contributed by atoms with Gasteiger partial charge in [0.25, 0.3) is 5.91 Å². The third kappa shape index (κ3) is 6.21. The minimum Gasteiger partial charge on any atom is -0.481 e. The van der Waals surface area contributed by atoms with Gasteiger partial charge < -0.3 is 10.1 Å². The number of hydrogen-bond acceptors (Lipinski definition) is 3. The van der Waals surface area contributed by atoms with Crippen molar-refractivity contribution < 1.29 is 18.3 Å². The Hall–Kier alpha value is -1.79. The second kappa shape index (κ2) is 9.63. The van der Waals surface area contributed by atoms with Gasteiger partial charge in [-0.05, 0) is 43.3 Å². The fourth-order valence-corrected chi connectivity index (χ4v) is 3.20. The molecule has 1 N–H and O–H groups in total. The molecule has 0 spiro atoms. The van der Waals surface area contributed by atoms with Crippen molar-refractivity contribution in [2.45, 2.75) is 18.8 Å². The Morgan fingerprint density at radius 1 is 1.24 bits per heavy atom. The first-order chi connectivity index (χ1) is 12.0. The number of benzene rings is 2. The smallest absolute Gasteiger partial charge is 0.260 e. The van der Waals surface area contributed by atoms with Crippen LogP contribution in [0, 0.1) is 11.6 Å². The first-order valence-corrected chi connectivity index (χ1v) is 9.21. The van der Waals surface area contributed by atoms with Crippen LogP contribution in [0.2, 0.25) is 5.02 Å². The number of halogens is 3. The number of amides is 1. The van der Waals surface area contributed by atoms with E-state index in [1.807, 2.05) is 0 Å². The van der Waals surface area contributed by atoms with Crippen molar-refractivity contribution in [3.05, 3.63) is 64.7 Å². The van der Waals surface area contributed by atoms with Crippen LogP contribution in [0.15, 0.2) is 42.5 Å². The molecular formula is C18H18ClF2NO2S. The van der Waals surface area contributed by atoms with Crippen molar-refractivity contribution in [3.63, 3.8) is 0 Å². The average Bonchev–Trinajstić information content (AvgIpc) is 2.58. The lowest BCUT2D eigenvalue weighted by atomic mass is 10.2. The second-order valence-electron chi connectivity index (χ2n) is 5.26. The monoisotopic (exact) mass is 385 g/mol. The highest BCUT2D eigenvalue weighted by atomic mass is 35.5. The van der Waals surface area contributed by atoms with Crippen LogP contribution in [0.25, 0.3) is 0 Å². The van der Waals surface area contributed by atoms with Gasteiger partial charge >= 0.3 is 0 Å². The predicted molar refractivity (Wildman–Crippen MR) is 97.1 cm³/mol. The van der Waals surface area contributed by atoms with Crippen molar-refractivity contribution in [1.29, 1.82) is 0 Å². The van der Waals surface area contributed by atoms with Crippen LogP contribution in [-0.2, 0) is 10.5 Å². The van der Waals surface area contributed by atoms with Gasteiger partial charge in [0.15, 0.2) is 6.10 Å². The van der Waals surface area contributed by atoms with Crippen LogP contribution < -0.4 is 10.1 Å². The van der Waals surface area contributed by atoms with Gasteiger partial charge in [-0.3, -0.25) is 4.79 Å². The molecular weight excluding hydrogens is 368 g/mol. The zero-order chi connectivity index (χ0) is 18.2. The zero-order valence-electron chi connectivity index (χ0n) is 13.6. The summed E-state index contributed by atoms with van der Waals surface area (Å²) in [5.41, 5.74) is 0.466. The van der Waals surface area contributed by atoms with Gasteiger partial charge in [0, 0.05) is 28.6 Å². The van der Waals surface area contributed by atoms with E-state index in [0.717, 1.165) is 0 Å². The molecule has 0 bridgehead atoms. The molecule has 2 aromatic carbocycles. The Labute approximate surface area is 154 Å². The maximum atomic E-state index is 13.6. The van der Waals surface area contributed by atoms with Crippen LogP contribution in [0.3, 0.4) is 0 Å².